The van der Waals surface area contributed by atoms with Crippen LogP contribution in [0.2, 0.25) is 0 Å². The predicted molar refractivity (Wildman–Crippen MR) is 113 cm³/mol. The number of fused-ring (bicyclic) bond motifs is 2. The number of pyridine rings is 1. The van der Waals surface area contributed by atoms with E-state index in [2.05, 4.69) is 19.9 Å². The Hall–Kier alpha value is -2.74. The Morgan fingerprint density at radius 1 is 1.10 bits per heavy atom. The standard InChI is InChI=1S/C22H28N6O2/c23-21-25-15-17-5-13-30-22(19(17)26-21)6-11-27(12-7-22)18-14-16(4-8-24-18)20(29)28-9-2-1-3-10-28/h4,8,14-15H,1-3,5-7,9-13H2,(H2,23,25,26). The van der Waals surface area contributed by atoms with E-state index in [1.54, 1.807) is 6.20 Å². The monoisotopic (exact) mass is 408 g/mol. The lowest BCUT2D eigenvalue weighted by molar-refractivity contribution is -0.0801. The summed E-state index contributed by atoms with van der Waals surface area (Å²) in [6.45, 7) is 3.96. The highest BCUT2D eigenvalue weighted by atomic mass is 16.5. The van der Waals surface area contributed by atoms with Gasteiger partial charge < -0.3 is 20.3 Å². The van der Waals surface area contributed by atoms with Crippen molar-refractivity contribution in [2.75, 3.05) is 43.4 Å². The number of hydrogen-bond acceptors (Lipinski definition) is 7. The second-order valence-corrected chi connectivity index (χ2v) is 8.44. The zero-order valence-corrected chi connectivity index (χ0v) is 17.2. The zero-order chi connectivity index (χ0) is 20.6. The number of amides is 1. The SMILES string of the molecule is Nc1ncc2c(n1)C1(CCN(c3cc(C(=O)N4CCCCC4)ccn3)CC1)OCC2. The molecule has 2 N–H and O–H groups in total. The zero-order valence-electron chi connectivity index (χ0n) is 17.2. The number of ether oxygens (including phenoxy) is 1. The van der Waals surface area contributed by atoms with Crippen LogP contribution in [0.25, 0.3) is 0 Å². The highest BCUT2D eigenvalue weighted by Gasteiger charge is 2.42. The number of carbonyl (C=O) groups excluding carboxylic acids is 1. The van der Waals surface area contributed by atoms with Crippen molar-refractivity contribution in [3.63, 3.8) is 0 Å². The van der Waals surface area contributed by atoms with Crippen LogP contribution < -0.4 is 10.6 Å². The summed E-state index contributed by atoms with van der Waals surface area (Å²) < 4.78 is 6.26. The number of piperidine rings is 2. The number of nitrogen functional groups attached to an aromatic ring is 1. The highest BCUT2D eigenvalue weighted by molar-refractivity contribution is 5.94. The van der Waals surface area contributed by atoms with E-state index >= 15 is 0 Å². The van der Waals surface area contributed by atoms with Crippen molar-refractivity contribution in [1.29, 1.82) is 0 Å². The molecule has 0 atom stereocenters. The molecule has 5 rings (SSSR count). The van der Waals surface area contributed by atoms with Crippen molar-refractivity contribution in [1.82, 2.24) is 19.9 Å². The number of anilines is 2. The summed E-state index contributed by atoms with van der Waals surface area (Å²) in [5.41, 5.74) is 8.27. The molecule has 1 amide bonds. The van der Waals surface area contributed by atoms with Crippen LogP contribution in [0.3, 0.4) is 0 Å². The fourth-order valence-electron chi connectivity index (χ4n) is 4.90. The van der Waals surface area contributed by atoms with Crippen LogP contribution in [0.15, 0.2) is 24.5 Å². The van der Waals surface area contributed by atoms with E-state index in [1.807, 2.05) is 23.2 Å². The lowest BCUT2D eigenvalue weighted by atomic mass is 9.83. The number of rotatable bonds is 2. The van der Waals surface area contributed by atoms with Gasteiger partial charge in [-0.3, -0.25) is 4.79 Å². The van der Waals surface area contributed by atoms with E-state index in [1.165, 1.54) is 6.42 Å². The molecule has 8 nitrogen and oxygen atoms in total. The third-order valence-electron chi connectivity index (χ3n) is 6.60. The van der Waals surface area contributed by atoms with Crippen LogP contribution in [0.1, 0.15) is 53.7 Å². The molecule has 0 radical (unpaired) electrons. The summed E-state index contributed by atoms with van der Waals surface area (Å²) in [4.78, 5) is 30.3. The number of aromatic nitrogens is 3. The number of hydrogen-bond donors (Lipinski definition) is 1. The maximum atomic E-state index is 12.9. The van der Waals surface area contributed by atoms with Gasteiger partial charge in [-0.1, -0.05) is 0 Å². The van der Waals surface area contributed by atoms with Crippen LogP contribution in [0.4, 0.5) is 11.8 Å². The smallest absolute Gasteiger partial charge is 0.254 e. The first-order chi connectivity index (χ1) is 14.6. The average molecular weight is 409 g/mol. The van der Waals surface area contributed by atoms with Crippen molar-refractivity contribution in [3.05, 3.63) is 41.3 Å². The largest absolute Gasteiger partial charge is 0.368 e. The molecule has 8 heteroatoms. The summed E-state index contributed by atoms with van der Waals surface area (Å²) in [7, 11) is 0. The molecule has 2 aromatic heterocycles. The van der Waals surface area contributed by atoms with E-state index in [4.69, 9.17) is 10.5 Å². The fraction of sp³-hybridized carbons (Fsp3) is 0.545. The lowest BCUT2D eigenvalue weighted by Gasteiger charge is -2.44. The number of nitrogens with two attached hydrogens (primary N) is 1. The first-order valence-electron chi connectivity index (χ1n) is 10.9. The predicted octanol–water partition coefficient (Wildman–Crippen LogP) is 2.15. The summed E-state index contributed by atoms with van der Waals surface area (Å²) >= 11 is 0. The Labute approximate surface area is 176 Å². The minimum atomic E-state index is -0.400. The Morgan fingerprint density at radius 3 is 2.70 bits per heavy atom. The van der Waals surface area contributed by atoms with Gasteiger partial charge >= 0.3 is 0 Å². The second kappa shape index (κ2) is 7.83. The second-order valence-electron chi connectivity index (χ2n) is 8.44. The third-order valence-corrected chi connectivity index (χ3v) is 6.60. The molecule has 3 aliphatic heterocycles. The maximum absolute atomic E-state index is 12.9. The lowest BCUT2D eigenvalue weighted by Crippen LogP contribution is -2.47. The van der Waals surface area contributed by atoms with Gasteiger partial charge in [0.1, 0.15) is 11.4 Å². The molecule has 158 valence electrons. The molecule has 2 aromatic rings. The summed E-state index contributed by atoms with van der Waals surface area (Å²) in [5.74, 6) is 1.26. The molecule has 0 aromatic carbocycles. The fourth-order valence-corrected chi connectivity index (χ4v) is 4.90. The average Bonchev–Trinajstić information content (AvgIpc) is 2.80. The molecule has 0 aliphatic carbocycles. The van der Waals surface area contributed by atoms with Crippen molar-refractivity contribution < 1.29 is 9.53 Å². The van der Waals surface area contributed by atoms with Gasteiger partial charge in [-0.15, -0.1) is 0 Å². The molecule has 2 saturated heterocycles. The van der Waals surface area contributed by atoms with Crippen LogP contribution in [-0.4, -0.2) is 58.5 Å². The first kappa shape index (κ1) is 19.2. The van der Waals surface area contributed by atoms with E-state index in [-0.39, 0.29) is 5.91 Å². The summed E-state index contributed by atoms with van der Waals surface area (Å²) in [5, 5.41) is 0. The van der Waals surface area contributed by atoms with Gasteiger partial charge in [0.25, 0.3) is 5.91 Å². The Bertz CT molecular complexity index is 935. The van der Waals surface area contributed by atoms with Crippen molar-refractivity contribution in [2.24, 2.45) is 0 Å². The Balaban J connectivity index is 1.32. The Morgan fingerprint density at radius 2 is 1.90 bits per heavy atom. The summed E-state index contributed by atoms with van der Waals surface area (Å²) in [6.07, 6.45) is 9.42. The van der Waals surface area contributed by atoms with E-state index < -0.39 is 5.60 Å². The van der Waals surface area contributed by atoms with E-state index in [9.17, 15) is 4.79 Å². The van der Waals surface area contributed by atoms with Gasteiger partial charge in [-0.2, -0.15) is 0 Å². The Kier molecular flexibility index (Phi) is 5.02. The van der Waals surface area contributed by atoms with Gasteiger partial charge in [0.2, 0.25) is 5.95 Å². The van der Waals surface area contributed by atoms with Crippen LogP contribution in [0.5, 0.6) is 0 Å². The quantitative estimate of drug-likeness (QED) is 0.813. The van der Waals surface area contributed by atoms with Crippen LogP contribution >= 0.6 is 0 Å². The maximum Gasteiger partial charge on any atom is 0.254 e. The van der Waals surface area contributed by atoms with Crippen LogP contribution in [0, 0.1) is 0 Å². The van der Waals surface area contributed by atoms with Gasteiger partial charge in [0, 0.05) is 44.1 Å². The van der Waals surface area contributed by atoms with E-state index in [0.717, 1.165) is 80.9 Å². The van der Waals surface area contributed by atoms with E-state index in [0.29, 0.717) is 12.6 Å². The highest BCUT2D eigenvalue weighted by Crippen LogP contribution is 2.41. The normalized spacial score (nSPS) is 20.8. The molecular weight excluding hydrogens is 380 g/mol. The van der Waals surface area contributed by atoms with Gasteiger partial charge in [-0.05, 0) is 56.2 Å². The van der Waals surface area contributed by atoms with Crippen molar-refractivity contribution >= 4 is 17.7 Å². The van der Waals surface area contributed by atoms with Crippen molar-refractivity contribution in [3.8, 4) is 0 Å². The molecular formula is C22H28N6O2. The molecule has 0 saturated carbocycles. The van der Waals surface area contributed by atoms with Crippen molar-refractivity contribution in [2.45, 2.75) is 44.1 Å². The molecule has 0 bridgehead atoms. The summed E-state index contributed by atoms with van der Waals surface area (Å²) in [6, 6.07) is 3.76. The molecule has 2 fully saturated rings. The number of carbonyl (C=O) groups is 1. The molecule has 30 heavy (non-hydrogen) atoms. The number of likely N-dealkylation sites (tertiary alicyclic amines) is 1. The minimum Gasteiger partial charge on any atom is -0.368 e. The molecule has 3 aliphatic rings. The molecule has 5 heterocycles. The van der Waals surface area contributed by atoms with Gasteiger partial charge in [0.05, 0.1) is 12.3 Å². The minimum absolute atomic E-state index is 0.114. The van der Waals surface area contributed by atoms with Gasteiger partial charge in [0.15, 0.2) is 0 Å². The van der Waals surface area contributed by atoms with Gasteiger partial charge in [-0.25, -0.2) is 15.0 Å². The first-order valence-corrected chi connectivity index (χ1v) is 10.9. The molecule has 1 spiro atoms. The van der Waals surface area contributed by atoms with Crippen LogP contribution in [-0.2, 0) is 16.8 Å². The number of nitrogens with zero attached hydrogens (tertiary/aromatic N) is 5. The topological polar surface area (TPSA) is 97.5 Å². The molecule has 0 unspecified atom stereocenters. The third kappa shape index (κ3) is 3.49.